The third-order valence-electron chi connectivity index (χ3n) is 5.54. The van der Waals surface area contributed by atoms with E-state index < -0.39 is 0 Å². The van der Waals surface area contributed by atoms with Gasteiger partial charge in [-0.1, -0.05) is 85.6 Å². The molecule has 0 heteroatoms. The SMILES string of the molecule is C=CCCCCC(CC)CCC(C)CC(C)C(CC)CC. The number of hydrogen-bond donors (Lipinski definition) is 0. The van der Waals surface area contributed by atoms with Crippen molar-refractivity contribution in [3.8, 4) is 0 Å². The lowest BCUT2D eigenvalue weighted by Crippen LogP contribution is -2.14. The molecule has 0 radical (unpaired) electrons. The molecular weight excluding hydrogens is 252 g/mol. The molecule has 0 saturated carbocycles. The molecule has 21 heavy (non-hydrogen) atoms. The van der Waals surface area contributed by atoms with E-state index >= 15 is 0 Å². The van der Waals surface area contributed by atoms with Gasteiger partial charge in [0.25, 0.3) is 0 Å². The zero-order chi connectivity index (χ0) is 16.1. The lowest BCUT2D eigenvalue weighted by molar-refractivity contribution is 0.261. The molecule has 0 nitrogen and oxygen atoms in total. The predicted molar refractivity (Wildman–Crippen MR) is 98.7 cm³/mol. The second-order valence-corrected chi connectivity index (χ2v) is 7.32. The van der Waals surface area contributed by atoms with Gasteiger partial charge < -0.3 is 0 Å². The Hall–Kier alpha value is -0.260. The van der Waals surface area contributed by atoms with Crippen LogP contribution in [0, 0.1) is 23.7 Å². The average molecular weight is 295 g/mol. The van der Waals surface area contributed by atoms with Crippen molar-refractivity contribution in [3.05, 3.63) is 12.7 Å². The van der Waals surface area contributed by atoms with Gasteiger partial charge in [0.05, 0.1) is 0 Å². The van der Waals surface area contributed by atoms with Crippen molar-refractivity contribution in [1.82, 2.24) is 0 Å². The van der Waals surface area contributed by atoms with Crippen molar-refractivity contribution in [2.45, 2.75) is 98.8 Å². The van der Waals surface area contributed by atoms with Crippen molar-refractivity contribution >= 4 is 0 Å². The Bertz CT molecular complexity index is 226. The molecule has 0 rings (SSSR count). The molecule has 0 saturated heterocycles. The van der Waals surface area contributed by atoms with Gasteiger partial charge in [0.15, 0.2) is 0 Å². The normalized spacial score (nSPS) is 15.9. The molecule has 0 fully saturated rings. The third-order valence-corrected chi connectivity index (χ3v) is 5.54. The monoisotopic (exact) mass is 294 g/mol. The maximum atomic E-state index is 3.81. The van der Waals surface area contributed by atoms with Gasteiger partial charge in [-0.2, -0.15) is 0 Å². The van der Waals surface area contributed by atoms with Gasteiger partial charge in [-0.15, -0.1) is 6.58 Å². The molecule has 126 valence electrons. The van der Waals surface area contributed by atoms with Gasteiger partial charge in [-0.25, -0.2) is 0 Å². The minimum absolute atomic E-state index is 0.905. The molecule has 0 N–H and O–H groups in total. The maximum absolute atomic E-state index is 3.81. The number of unbranched alkanes of at least 4 members (excludes halogenated alkanes) is 2. The molecule has 0 aromatic heterocycles. The molecule has 0 aliphatic heterocycles. The molecule has 0 spiro atoms. The smallest absolute Gasteiger partial charge is 0.0353 e. The summed E-state index contributed by atoms with van der Waals surface area (Å²) in [5.41, 5.74) is 0. The molecule has 3 atom stereocenters. The Morgan fingerprint density at radius 1 is 0.857 bits per heavy atom. The van der Waals surface area contributed by atoms with Gasteiger partial charge in [0, 0.05) is 0 Å². The van der Waals surface area contributed by atoms with Crippen LogP contribution in [0.2, 0.25) is 0 Å². The van der Waals surface area contributed by atoms with Crippen molar-refractivity contribution in [2.24, 2.45) is 23.7 Å². The summed E-state index contributed by atoms with van der Waals surface area (Å²) >= 11 is 0. The fourth-order valence-corrected chi connectivity index (χ4v) is 3.83. The Morgan fingerprint density at radius 3 is 2.05 bits per heavy atom. The quantitative estimate of drug-likeness (QED) is 0.228. The summed E-state index contributed by atoms with van der Waals surface area (Å²) in [5.74, 6) is 3.71. The van der Waals surface area contributed by atoms with E-state index in [1.807, 2.05) is 0 Å². The van der Waals surface area contributed by atoms with Crippen molar-refractivity contribution < 1.29 is 0 Å². The second kappa shape index (κ2) is 13.4. The average Bonchev–Trinajstić information content (AvgIpc) is 2.47. The largest absolute Gasteiger partial charge is 0.103 e. The van der Waals surface area contributed by atoms with Gasteiger partial charge >= 0.3 is 0 Å². The van der Waals surface area contributed by atoms with Crippen LogP contribution < -0.4 is 0 Å². The van der Waals surface area contributed by atoms with Crippen LogP contribution >= 0.6 is 0 Å². The van der Waals surface area contributed by atoms with Crippen LogP contribution in [-0.2, 0) is 0 Å². The van der Waals surface area contributed by atoms with E-state index in [-0.39, 0.29) is 0 Å². The van der Waals surface area contributed by atoms with Gasteiger partial charge in [0.2, 0.25) is 0 Å². The van der Waals surface area contributed by atoms with Crippen molar-refractivity contribution in [1.29, 1.82) is 0 Å². The highest BCUT2D eigenvalue weighted by atomic mass is 14.2. The highest BCUT2D eigenvalue weighted by Gasteiger charge is 2.17. The standard InChI is InChI=1S/C21H42/c1-7-11-12-13-14-20(8-2)16-15-18(5)17-19(6)21(9-3)10-4/h7,18-21H,1,8-17H2,2-6H3. The number of hydrogen-bond acceptors (Lipinski definition) is 0. The van der Waals surface area contributed by atoms with Crippen LogP contribution in [0.1, 0.15) is 98.8 Å². The summed E-state index contributed by atoms with van der Waals surface area (Å²) in [6.45, 7) is 15.8. The van der Waals surface area contributed by atoms with Crippen LogP contribution in [0.4, 0.5) is 0 Å². The molecule has 3 unspecified atom stereocenters. The van der Waals surface area contributed by atoms with Gasteiger partial charge in [-0.05, 0) is 42.9 Å². The molecule has 0 aromatic carbocycles. The Balaban J connectivity index is 3.91. The summed E-state index contributed by atoms with van der Waals surface area (Å²) in [5, 5.41) is 0. The van der Waals surface area contributed by atoms with E-state index in [0.717, 1.165) is 23.7 Å². The summed E-state index contributed by atoms with van der Waals surface area (Å²) < 4.78 is 0. The molecule has 0 aliphatic rings. The van der Waals surface area contributed by atoms with Crippen molar-refractivity contribution in [2.75, 3.05) is 0 Å². The fraction of sp³-hybridized carbons (Fsp3) is 0.905. The van der Waals surface area contributed by atoms with E-state index in [2.05, 4.69) is 47.3 Å². The Morgan fingerprint density at radius 2 is 1.52 bits per heavy atom. The molecular formula is C21H42. The zero-order valence-electron chi connectivity index (χ0n) is 15.7. The number of allylic oxidation sites excluding steroid dienone is 1. The van der Waals surface area contributed by atoms with Gasteiger partial charge in [-0.3, -0.25) is 0 Å². The summed E-state index contributed by atoms with van der Waals surface area (Å²) in [4.78, 5) is 0. The Kier molecular flexibility index (Phi) is 13.2. The molecule has 0 aromatic rings. The lowest BCUT2D eigenvalue weighted by Gasteiger charge is -2.25. The van der Waals surface area contributed by atoms with E-state index in [1.54, 1.807) is 0 Å². The van der Waals surface area contributed by atoms with Crippen LogP contribution in [0.25, 0.3) is 0 Å². The van der Waals surface area contributed by atoms with E-state index in [1.165, 1.54) is 64.2 Å². The maximum Gasteiger partial charge on any atom is -0.0353 e. The van der Waals surface area contributed by atoms with Crippen LogP contribution in [0.5, 0.6) is 0 Å². The first-order valence-electron chi connectivity index (χ1n) is 9.69. The first-order valence-corrected chi connectivity index (χ1v) is 9.69. The van der Waals surface area contributed by atoms with Crippen molar-refractivity contribution in [3.63, 3.8) is 0 Å². The highest BCUT2D eigenvalue weighted by Crippen LogP contribution is 2.29. The minimum Gasteiger partial charge on any atom is -0.103 e. The highest BCUT2D eigenvalue weighted by molar-refractivity contribution is 4.70. The van der Waals surface area contributed by atoms with Crippen LogP contribution in [0.15, 0.2) is 12.7 Å². The Labute approximate surface area is 135 Å². The topological polar surface area (TPSA) is 0 Å². The second-order valence-electron chi connectivity index (χ2n) is 7.32. The third kappa shape index (κ3) is 10.1. The lowest BCUT2D eigenvalue weighted by atomic mass is 9.81. The first kappa shape index (κ1) is 20.7. The minimum atomic E-state index is 0.905. The van der Waals surface area contributed by atoms with E-state index in [9.17, 15) is 0 Å². The summed E-state index contributed by atoms with van der Waals surface area (Å²) in [7, 11) is 0. The first-order chi connectivity index (χ1) is 10.1. The molecule has 0 bridgehead atoms. The zero-order valence-corrected chi connectivity index (χ0v) is 15.7. The summed E-state index contributed by atoms with van der Waals surface area (Å²) in [6, 6.07) is 0. The number of rotatable bonds is 14. The molecule has 0 heterocycles. The predicted octanol–water partition coefficient (Wildman–Crippen LogP) is 7.64. The van der Waals surface area contributed by atoms with E-state index in [4.69, 9.17) is 0 Å². The van der Waals surface area contributed by atoms with Crippen LogP contribution in [0.3, 0.4) is 0 Å². The molecule has 0 aliphatic carbocycles. The van der Waals surface area contributed by atoms with Crippen LogP contribution in [-0.4, -0.2) is 0 Å². The molecule has 0 amide bonds. The van der Waals surface area contributed by atoms with Gasteiger partial charge in [0.1, 0.15) is 0 Å². The fourth-order valence-electron chi connectivity index (χ4n) is 3.83. The summed E-state index contributed by atoms with van der Waals surface area (Å²) in [6.07, 6.45) is 15.8. The van der Waals surface area contributed by atoms with E-state index in [0.29, 0.717) is 0 Å².